The molecule has 0 aliphatic carbocycles. The third kappa shape index (κ3) is 5.95. The van der Waals surface area contributed by atoms with Crippen LogP contribution in [-0.4, -0.2) is 28.6 Å². The maximum Gasteiger partial charge on any atom is 0.329 e. The predicted molar refractivity (Wildman–Crippen MR) is 95.4 cm³/mol. The molecule has 2 rings (SSSR count). The van der Waals surface area contributed by atoms with E-state index in [1.165, 1.54) is 0 Å². The highest BCUT2D eigenvalue weighted by Gasteiger charge is 2.27. The van der Waals surface area contributed by atoms with E-state index in [4.69, 9.17) is 4.74 Å². The maximum atomic E-state index is 12.5. The van der Waals surface area contributed by atoms with Crippen molar-refractivity contribution in [3.05, 3.63) is 65.7 Å². The Kier molecular flexibility index (Phi) is 5.80. The molecule has 1 atom stereocenters. The maximum absolute atomic E-state index is 12.5. The van der Waals surface area contributed by atoms with Crippen LogP contribution in [-0.2, 0) is 16.0 Å². The lowest BCUT2D eigenvalue weighted by Crippen LogP contribution is -2.45. The van der Waals surface area contributed by atoms with Crippen LogP contribution in [0.3, 0.4) is 0 Å². The zero-order chi connectivity index (χ0) is 18.4. The topological polar surface area (TPSA) is 75.6 Å². The number of hydrogen-bond donors (Lipinski definition) is 2. The number of phenols is 1. The predicted octanol–water partition coefficient (Wildman–Crippen LogP) is 3.08. The molecule has 0 radical (unpaired) electrons. The van der Waals surface area contributed by atoms with Crippen molar-refractivity contribution in [3.63, 3.8) is 0 Å². The molecule has 5 heteroatoms. The number of esters is 1. The summed E-state index contributed by atoms with van der Waals surface area (Å²) in [7, 11) is 0. The van der Waals surface area contributed by atoms with E-state index in [9.17, 15) is 14.7 Å². The Hall–Kier alpha value is -2.82. The summed E-state index contributed by atoms with van der Waals surface area (Å²) in [6.45, 7) is 5.34. The van der Waals surface area contributed by atoms with Crippen molar-refractivity contribution >= 4 is 11.9 Å². The van der Waals surface area contributed by atoms with E-state index in [0.717, 1.165) is 5.56 Å². The molecule has 0 aliphatic heterocycles. The molecule has 5 nitrogen and oxygen atoms in total. The fourth-order valence-corrected chi connectivity index (χ4v) is 2.27. The fourth-order valence-electron chi connectivity index (χ4n) is 2.27. The first-order valence-electron chi connectivity index (χ1n) is 8.11. The van der Waals surface area contributed by atoms with Crippen LogP contribution in [0.25, 0.3) is 0 Å². The monoisotopic (exact) mass is 341 g/mol. The van der Waals surface area contributed by atoms with Crippen molar-refractivity contribution < 1.29 is 19.4 Å². The highest BCUT2D eigenvalue weighted by molar-refractivity contribution is 5.96. The third-order valence-electron chi connectivity index (χ3n) is 3.41. The highest BCUT2D eigenvalue weighted by Crippen LogP contribution is 2.15. The molecule has 2 aromatic carbocycles. The third-order valence-corrected chi connectivity index (χ3v) is 3.41. The molecule has 0 fully saturated rings. The summed E-state index contributed by atoms with van der Waals surface area (Å²) in [5.41, 5.74) is 0.630. The zero-order valence-corrected chi connectivity index (χ0v) is 14.7. The molecule has 0 saturated heterocycles. The Morgan fingerprint density at radius 3 is 2.20 bits per heavy atom. The van der Waals surface area contributed by atoms with Crippen LogP contribution in [0.5, 0.6) is 5.75 Å². The van der Waals surface area contributed by atoms with Crippen LogP contribution in [0.15, 0.2) is 54.6 Å². The van der Waals surface area contributed by atoms with Gasteiger partial charge in [0.1, 0.15) is 17.4 Å². The lowest BCUT2D eigenvalue weighted by Gasteiger charge is -2.24. The highest BCUT2D eigenvalue weighted by atomic mass is 16.6. The van der Waals surface area contributed by atoms with Gasteiger partial charge in [0.2, 0.25) is 0 Å². The number of benzene rings is 2. The minimum Gasteiger partial charge on any atom is -0.508 e. The molecule has 0 saturated carbocycles. The van der Waals surface area contributed by atoms with Gasteiger partial charge in [-0.3, -0.25) is 4.79 Å². The van der Waals surface area contributed by atoms with Gasteiger partial charge in [-0.25, -0.2) is 4.79 Å². The minimum atomic E-state index is -0.823. The summed E-state index contributed by atoms with van der Waals surface area (Å²) in [6, 6.07) is 14.4. The van der Waals surface area contributed by atoms with E-state index >= 15 is 0 Å². The fraction of sp³-hybridized carbons (Fsp3) is 0.300. The van der Waals surface area contributed by atoms with E-state index in [2.05, 4.69) is 5.32 Å². The molecule has 25 heavy (non-hydrogen) atoms. The van der Waals surface area contributed by atoms with E-state index in [0.29, 0.717) is 5.56 Å². The van der Waals surface area contributed by atoms with Crippen LogP contribution in [0.4, 0.5) is 0 Å². The van der Waals surface area contributed by atoms with Gasteiger partial charge in [0, 0.05) is 12.0 Å². The lowest BCUT2D eigenvalue weighted by molar-refractivity contribution is -0.157. The summed E-state index contributed by atoms with van der Waals surface area (Å²) in [5.74, 6) is -0.689. The Balaban J connectivity index is 2.17. The van der Waals surface area contributed by atoms with Crippen LogP contribution >= 0.6 is 0 Å². The number of phenolic OH excluding ortho intramolecular Hbond substituents is 1. The van der Waals surface area contributed by atoms with Gasteiger partial charge in [0.25, 0.3) is 5.91 Å². The summed E-state index contributed by atoms with van der Waals surface area (Å²) >= 11 is 0. The Morgan fingerprint density at radius 2 is 1.64 bits per heavy atom. The van der Waals surface area contributed by atoms with Crippen molar-refractivity contribution in [2.45, 2.75) is 38.8 Å². The van der Waals surface area contributed by atoms with Crippen molar-refractivity contribution in [2.24, 2.45) is 0 Å². The number of aromatic hydroxyl groups is 1. The normalized spacial score (nSPS) is 12.3. The van der Waals surface area contributed by atoms with Crippen molar-refractivity contribution in [1.82, 2.24) is 5.32 Å². The summed E-state index contributed by atoms with van der Waals surface area (Å²) < 4.78 is 5.43. The average Bonchev–Trinajstić information content (AvgIpc) is 2.55. The average molecular weight is 341 g/mol. The molecule has 0 aliphatic rings. The Bertz CT molecular complexity index is 718. The zero-order valence-electron chi connectivity index (χ0n) is 14.7. The molecule has 132 valence electrons. The van der Waals surface area contributed by atoms with Gasteiger partial charge in [0.15, 0.2) is 0 Å². The molecular formula is C20H23NO4. The molecule has 0 bridgehead atoms. The molecular weight excluding hydrogens is 318 g/mol. The summed E-state index contributed by atoms with van der Waals surface area (Å²) in [6.07, 6.45) is 0.272. The first-order chi connectivity index (χ1) is 11.7. The molecule has 0 unspecified atom stereocenters. The first kappa shape index (κ1) is 18.5. The second kappa shape index (κ2) is 7.83. The second-order valence-electron chi connectivity index (χ2n) is 6.80. The molecule has 2 N–H and O–H groups in total. The second-order valence-corrected chi connectivity index (χ2v) is 6.80. The molecule has 0 spiro atoms. The van der Waals surface area contributed by atoms with E-state index in [1.807, 2.05) is 6.07 Å². The largest absolute Gasteiger partial charge is 0.508 e. The van der Waals surface area contributed by atoms with Crippen molar-refractivity contribution in [1.29, 1.82) is 0 Å². The SMILES string of the molecule is CC(C)(C)OC(=O)[C@H](Cc1ccc(O)cc1)NC(=O)c1ccccc1. The van der Waals surface area contributed by atoms with Crippen molar-refractivity contribution in [2.75, 3.05) is 0 Å². The van der Waals surface area contributed by atoms with Gasteiger partial charge in [0.05, 0.1) is 0 Å². The van der Waals surface area contributed by atoms with Crippen LogP contribution in [0.2, 0.25) is 0 Å². The van der Waals surface area contributed by atoms with Crippen LogP contribution < -0.4 is 5.32 Å². The number of carbonyl (C=O) groups is 2. The molecule has 0 aromatic heterocycles. The smallest absolute Gasteiger partial charge is 0.329 e. The van der Waals surface area contributed by atoms with Gasteiger partial charge in [-0.2, -0.15) is 0 Å². The van der Waals surface area contributed by atoms with E-state index in [-0.39, 0.29) is 18.1 Å². The number of carbonyl (C=O) groups excluding carboxylic acids is 2. The number of rotatable bonds is 5. The Morgan fingerprint density at radius 1 is 1.04 bits per heavy atom. The summed E-state index contributed by atoms with van der Waals surface area (Å²) in [4.78, 5) is 24.9. The summed E-state index contributed by atoms with van der Waals surface area (Å²) in [5, 5.41) is 12.1. The van der Waals surface area contributed by atoms with Gasteiger partial charge < -0.3 is 15.2 Å². The number of nitrogens with one attached hydrogen (secondary N) is 1. The minimum absolute atomic E-state index is 0.144. The number of ether oxygens (including phenoxy) is 1. The van der Waals surface area contributed by atoms with E-state index in [1.54, 1.807) is 69.3 Å². The van der Waals surface area contributed by atoms with Gasteiger partial charge in [-0.15, -0.1) is 0 Å². The molecule has 2 aromatic rings. The number of amides is 1. The Labute approximate surface area is 147 Å². The molecule has 0 heterocycles. The standard InChI is InChI=1S/C20H23NO4/c1-20(2,3)25-19(24)17(13-14-9-11-16(22)12-10-14)21-18(23)15-7-5-4-6-8-15/h4-12,17,22H,13H2,1-3H3,(H,21,23)/t17-/m0/s1. The quantitative estimate of drug-likeness (QED) is 0.820. The van der Waals surface area contributed by atoms with Gasteiger partial charge >= 0.3 is 5.97 Å². The van der Waals surface area contributed by atoms with E-state index < -0.39 is 17.6 Å². The van der Waals surface area contributed by atoms with Crippen LogP contribution in [0, 0.1) is 0 Å². The lowest BCUT2D eigenvalue weighted by atomic mass is 10.0. The number of hydrogen-bond acceptors (Lipinski definition) is 4. The van der Waals surface area contributed by atoms with Gasteiger partial charge in [-0.05, 0) is 50.6 Å². The van der Waals surface area contributed by atoms with Crippen molar-refractivity contribution in [3.8, 4) is 5.75 Å². The molecule has 1 amide bonds. The first-order valence-corrected chi connectivity index (χ1v) is 8.11. The van der Waals surface area contributed by atoms with Gasteiger partial charge in [-0.1, -0.05) is 30.3 Å². The van der Waals surface area contributed by atoms with Crippen LogP contribution in [0.1, 0.15) is 36.7 Å².